The van der Waals surface area contributed by atoms with E-state index in [1.54, 1.807) is 0 Å². The van der Waals surface area contributed by atoms with Crippen molar-refractivity contribution in [2.45, 2.75) is 54.4 Å². The van der Waals surface area contributed by atoms with E-state index in [4.69, 9.17) is 0 Å². The summed E-state index contributed by atoms with van der Waals surface area (Å²) in [5.74, 6) is 0.0892. The van der Waals surface area contributed by atoms with E-state index in [1.807, 2.05) is 65.8 Å². The predicted octanol–water partition coefficient (Wildman–Crippen LogP) is 4.79. The lowest BCUT2D eigenvalue weighted by Crippen LogP contribution is -2.10. The van der Waals surface area contributed by atoms with Crippen molar-refractivity contribution in [3.8, 4) is 0 Å². The van der Waals surface area contributed by atoms with Crippen LogP contribution in [0.5, 0.6) is 0 Å². The Balaban J connectivity index is 0. The monoisotopic (exact) mass is 237 g/mol. The van der Waals surface area contributed by atoms with E-state index in [0.29, 0.717) is 6.42 Å². The van der Waals surface area contributed by atoms with Gasteiger partial charge in [0.1, 0.15) is 0 Å². The number of nitrogens with one attached hydrogen (secondary N) is 1. The van der Waals surface area contributed by atoms with E-state index in [1.165, 1.54) is 5.56 Å². The Morgan fingerprint density at radius 1 is 1.06 bits per heavy atom. The van der Waals surface area contributed by atoms with Gasteiger partial charge >= 0.3 is 0 Å². The molecule has 0 aliphatic carbocycles. The first-order valence-corrected chi connectivity index (χ1v) is 6.59. The van der Waals surface area contributed by atoms with Crippen LogP contribution < -0.4 is 5.32 Å². The Morgan fingerprint density at radius 2 is 1.53 bits per heavy atom. The third kappa shape index (κ3) is 9.61. The molecule has 1 rings (SSSR count). The van der Waals surface area contributed by atoms with E-state index in [2.05, 4.69) is 5.32 Å². The molecular formula is C15H27NO. The number of carbonyl (C=O) groups excluding carboxylic acids is 1. The second-order valence-corrected chi connectivity index (χ2v) is 3.16. The van der Waals surface area contributed by atoms with E-state index in [9.17, 15) is 4.79 Å². The van der Waals surface area contributed by atoms with Crippen LogP contribution in [0.25, 0.3) is 0 Å². The molecule has 0 aliphatic heterocycles. The zero-order chi connectivity index (χ0) is 13.7. The minimum atomic E-state index is 0.0892. The molecule has 0 unspecified atom stereocenters. The summed E-state index contributed by atoms with van der Waals surface area (Å²) in [5.41, 5.74) is 2.08. The van der Waals surface area contributed by atoms with E-state index in [0.717, 1.165) is 12.1 Å². The molecule has 17 heavy (non-hydrogen) atoms. The van der Waals surface area contributed by atoms with Crippen molar-refractivity contribution in [1.29, 1.82) is 0 Å². The van der Waals surface area contributed by atoms with Crippen molar-refractivity contribution in [1.82, 2.24) is 0 Å². The second-order valence-electron chi connectivity index (χ2n) is 3.16. The highest BCUT2D eigenvalue weighted by Crippen LogP contribution is 2.08. The molecule has 0 saturated carbocycles. The molecule has 0 heterocycles. The SMILES string of the molecule is CC.CC.CCCC(=O)Nc1ccc(C)cc1. The molecule has 2 heteroatoms. The average Bonchev–Trinajstić information content (AvgIpc) is 2.37. The van der Waals surface area contributed by atoms with Gasteiger partial charge in [-0.05, 0) is 25.5 Å². The molecule has 0 radical (unpaired) electrons. The molecular weight excluding hydrogens is 210 g/mol. The van der Waals surface area contributed by atoms with Crippen molar-refractivity contribution in [2.24, 2.45) is 0 Å². The molecule has 1 aromatic rings. The number of rotatable bonds is 3. The van der Waals surface area contributed by atoms with Gasteiger partial charge in [0.15, 0.2) is 0 Å². The molecule has 0 aliphatic rings. The van der Waals surface area contributed by atoms with E-state index in [-0.39, 0.29) is 5.91 Å². The first kappa shape index (κ1) is 18.1. The number of hydrogen-bond donors (Lipinski definition) is 1. The summed E-state index contributed by atoms with van der Waals surface area (Å²) in [5, 5.41) is 2.83. The Morgan fingerprint density at radius 3 is 1.94 bits per heavy atom. The zero-order valence-electron chi connectivity index (χ0n) is 12.1. The van der Waals surface area contributed by atoms with Crippen LogP contribution in [-0.2, 0) is 4.79 Å². The molecule has 0 bridgehead atoms. The standard InChI is InChI=1S/C11H15NO.2C2H6/c1-3-4-11(13)12-10-7-5-9(2)6-8-10;2*1-2/h5-8H,3-4H2,1-2H3,(H,12,13);2*1-2H3. The topological polar surface area (TPSA) is 29.1 Å². The Kier molecular flexibility index (Phi) is 13.6. The van der Waals surface area contributed by atoms with Gasteiger partial charge in [-0.2, -0.15) is 0 Å². The molecule has 1 N–H and O–H groups in total. The van der Waals surface area contributed by atoms with Gasteiger partial charge in [0, 0.05) is 12.1 Å². The Hall–Kier alpha value is -1.31. The first-order valence-electron chi connectivity index (χ1n) is 6.59. The largest absolute Gasteiger partial charge is 0.326 e. The second kappa shape index (κ2) is 12.8. The summed E-state index contributed by atoms with van der Waals surface area (Å²) in [6.45, 7) is 12.0. The summed E-state index contributed by atoms with van der Waals surface area (Å²) in [4.78, 5) is 11.2. The summed E-state index contributed by atoms with van der Waals surface area (Å²) in [6, 6.07) is 7.81. The highest BCUT2D eigenvalue weighted by molar-refractivity contribution is 5.90. The van der Waals surface area contributed by atoms with Crippen molar-refractivity contribution < 1.29 is 4.79 Å². The summed E-state index contributed by atoms with van der Waals surface area (Å²) in [7, 11) is 0. The Labute approximate surface area is 106 Å². The van der Waals surface area contributed by atoms with Crippen molar-refractivity contribution in [2.75, 3.05) is 5.32 Å². The molecule has 98 valence electrons. The van der Waals surface area contributed by atoms with Crippen LogP contribution in [0, 0.1) is 6.92 Å². The van der Waals surface area contributed by atoms with Gasteiger partial charge < -0.3 is 5.32 Å². The van der Waals surface area contributed by atoms with Gasteiger partial charge in [-0.15, -0.1) is 0 Å². The zero-order valence-corrected chi connectivity index (χ0v) is 12.1. The van der Waals surface area contributed by atoms with Crippen LogP contribution in [-0.4, -0.2) is 5.91 Å². The lowest BCUT2D eigenvalue weighted by Gasteiger charge is -2.03. The molecule has 0 atom stereocenters. The molecule has 0 saturated heterocycles. The molecule has 1 amide bonds. The van der Waals surface area contributed by atoms with Crippen molar-refractivity contribution >= 4 is 11.6 Å². The van der Waals surface area contributed by atoms with Gasteiger partial charge in [-0.1, -0.05) is 52.3 Å². The van der Waals surface area contributed by atoms with Crippen molar-refractivity contribution in [3.05, 3.63) is 29.8 Å². The fourth-order valence-corrected chi connectivity index (χ4v) is 1.09. The minimum absolute atomic E-state index is 0.0892. The van der Waals surface area contributed by atoms with E-state index < -0.39 is 0 Å². The number of amides is 1. The molecule has 0 aromatic heterocycles. The van der Waals surface area contributed by atoms with Crippen LogP contribution in [0.15, 0.2) is 24.3 Å². The van der Waals surface area contributed by atoms with Crippen LogP contribution in [0.1, 0.15) is 53.0 Å². The smallest absolute Gasteiger partial charge is 0.224 e. The number of carbonyl (C=O) groups is 1. The normalized spacial score (nSPS) is 8.12. The third-order valence-corrected chi connectivity index (χ3v) is 1.81. The number of hydrogen-bond acceptors (Lipinski definition) is 1. The van der Waals surface area contributed by atoms with Gasteiger partial charge in [0.2, 0.25) is 5.91 Å². The van der Waals surface area contributed by atoms with E-state index >= 15 is 0 Å². The van der Waals surface area contributed by atoms with Crippen LogP contribution in [0.4, 0.5) is 5.69 Å². The van der Waals surface area contributed by atoms with Crippen molar-refractivity contribution in [3.63, 3.8) is 0 Å². The maximum absolute atomic E-state index is 11.2. The minimum Gasteiger partial charge on any atom is -0.326 e. The maximum Gasteiger partial charge on any atom is 0.224 e. The number of anilines is 1. The lowest BCUT2D eigenvalue weighted by molar-refractivity contribution is -0.116. The Bertz CT molecular complexity index is 277. The highest BCUT2D eigenvalue weighted by Gasteiger charge is 1.98. The predicted molar refractivity (Wildman–Crippen MR) is 77.4 cm³/mol. The molecule has 1 aromatic carbocycles. The summed E-state index contributed by atoms with van der Waals surface area (Å²) >= 11 is 0. The lowest BCUT2D eigenvalue weighted by atomic mass is 10.2. The van der Waals surface area contributed by atoms with Gasteiger partial charge in [-0.25, -0.2) is 0 Å². The summed E-state index contributed by atoms with van der Waals surface area (Å²) in [6.07, 6.45) is 1.48. The van der Waals surface area contributed by atoms with Gasteiger partial charge in [-0.3, -0.25) is 4.79 Å². The fourth-order valence-electron chi connectivity index (χ4n) is 1.09. The molecule has 0 spiro atoms. The van der Waals surface area contributed by atoms with Crippen LogP contribution >= 0.6 is 0 Å². The highest BCUT2D eigenvalue weighted by atomic mass is 16.1. The van der Waals surface area contributed by atoms with Gasteiger partial charge in [0.25, 0.3) is 0 Å². The molecule has 2 nitrogen and oxygen atoms in total. The number of benzene rings is 1. The first-order chi connectivity index (χ1) is 8.22. The molecule has 0 fully saturated rings. The quantitative estimate of drug-likeness (QED) is 0.805. The van der Waals surface area contributed by atoms with Gasteiger partial charge in [0.05, 0.1) is 0 Å². The number of aryl methyl sites for hydroxylation is 1. The fraction of sp³-hybridized carbons (Fsp3) is 0.533. The van der Waals surface area contributed by atoms with Crippen LogP contribution in [0.2, 0.25) is 0 Å². The van der Waals surface area contributed by atoms with Crippen LogP contribution in [0.3, 0.4) is 0 Å². The maximum atomic E-state index is 11.2. The third-order valence-electron chi connectivity index (χ3n) is 1.81. The average molecular weight is 237 g/mol. The summed E-state index contributed by atoms with van der Waals surface area (Å²) < 4.78 is 0.